The van der Waals surface area contributed by atoms with E-state index in [1.54, 1.807) is 12.4 Å². The maximum atomic E-state index is 11.6. The molecule has 0 bridgehead atoms. The number of nitrogens with zero attached hydrogens (tertiary/aromatic N) is 2. The first kappa shape index (κ1) is 17.2. The lowest BCUT2D eigenvalue weighted by Crippen LogP contribution is -2.00. The zero-order valence-electron chi connectivity index (χ0n) is 14.2. The molecule has 0 amide bonds. The highest BCUT2D eigenvalue weighted by molar-refractivity contribution is 5.89. The number of hydrogen-bond donors (Lipinski definition) is 0. The predicted octanol–water partition coefficient (Wildman–Crippen LogP) is 3.54. The van der Waals surface area contributed by atoms with E-state index in [1.165, 1.54) is 5.56 Å². The highest BCUT2D eigenvalue weighted by atomic mass is 16.5. The fraction of sp³-hybridized carbons (Fsp3) is 0.0909. The van der Waals surface area contributed by atoms with Crippen LogP contribution in [0.5, 0.6) is 0 Å². The van der Waals surface area contributed by atoms with Gasteiger partial charge in [0.15, 0.2) is 0 Å². The Morgan fingerprint density at radius 1 is 1.08 bits per heavy atom. The van der Waals surface area contributed by atoms with Crippen molar-refractivity contribution in [3.8, 4) is 11.8 Å². The molecule has 4 heteroatoms. The summed E-state index contributed by atoms with van der Waals surface area (Å²) in [6.45, 7) is 0.930. The first-order valence-electron chi connectivity index (χ1n) is 8.26. The highest BCUT2D eigenvalue weighted by Crippen LogP contribution is 2.05. The molecule has 3 aromatic rings. The van der Waals surface area contributed by atoms with Crippen LogP contribution in [0, 0.1) is 11.8 Å². The number of carbonyl (C=O) groups is 1. The topological polar surface area (TPSA) is 44.1 Å². The maximum Gasteiger partial charge on any atom is 0.385 e. The summed E-state index contributed by atoms with van der Waals surface area (Å²) in [5.41, 5.74) is 2.81. The molecule has 0 radical (unpaired) electrons. The van der Waals surface area contributed by atoms with Crippen LogP contribution in [0.3, 0.4) is 0 Å². The van der Waals surface area contributed by atoms with E-state index in [-0.39, 0.29) is 6.61 Å². The van der Waals surface area contributed by atoms with Crippen LogP contribution in [0.2, 0.25) is 0 Å². The first-order valence-corrected chi connectivity index (χ1v) is 8.26. The van der Waals surface area contributed by atoms with E-state index in [1.807, 2.05) is 65.4 Å². The fourth-order valence-corrected chi connectivity index (χ4v) is 2.32. The monoisotopic (exact) mass is 342 g/mol. The van der Waals surface area contributed by atoms with Crippen LogP contribution in [-0.4, -0.2) is 22.1 Å². The van der Waals surface area contributed by atoms with Crippen molar-refractivity contribution >= 4 is 12.0 Å². The SMILES string of the molecule is O=C(C#Cc1ccccc1)OC/C=C/c1cn(Cc2ccccc2)cn1. The van der Waals surface area contributed by atoms with E-state index in [4.69, 9.17) is 4.74 Å². The van der Waals surface area contributed by atoms with Crippen LogP contribution >= 0.6 is 0 Å². The summed E-state index contributed by atoms with van der Waals surface area (Å²) in [6.07, 6.45) is 7.29. The first-order chi connectivity index (χ1) is 12.8. The Kier molecular flexibility index (Phi) is 6.00. The molecule has 4 nitrogen and oxygen atoms in total. The molecule has 0 aliphatic heterocycles. The Hall–Kier alpha value is -3.58. The third kappa shape index (κ3) is 5.50. The molecule has 0 saturated carbocycles. The average molecular weight is 342 g/mol. The van der Waals surface area contributed by atoms with Gasteiger partial charge >= 0.3 is 5.97 Å². The Bertz CT molecular complexity index is 932. The molecule has 0 aliphatic carbocycles. The molecule has 0 spiro atoms. The predicted molar refractivity (Wildman–Crippen MR) is 101 cm³/mol. The van der Waals surface area contributed by atoms with Crippen LogP contribution in [0.25, 0.3) is 6.08 Å². The summed E-state index contributed by atoms with van der Waals surface area (Å²) in [5.74, 6) is 4.68. The van der Waals surface area contributed by atoms with Crippen molar-refractivity contribution in [2.45, 2.75) is 6.54 Å². The molecule has 0 aliphatic rings. The van der Waals surface area contributed by atoms with Gasteiger partial charge in [-0.25, -0.2) is 9.78 Å². The molecule has 0 unspecified atom stereocenters. The summed E-state index contributed by atoms with van der Waals surface area (Å²) in [4.78, 5) is 15.9. The van der Waals surface area contributed by atoms with E-state index in [0.29, 0.717) is 0 Å². The molecule has 1 aromatic heterocycles. The minimum atomic E-state index is -0.548. The third-order valence-corrected chi connectivity index (χ3v) is 3.54. The van der Waals surface area contributed by atoms with Crippen LogP contribution in [-0.2, 0) is 16.1 Å². The van der Waals surface area contributed by atoms with E-state index in [2.05, 4.69) is 29.0 Å². The summed E-state index contributed by atoms with van der Waals surface area (Å²) < 4.78 is 7.06. The third-order valence-electron chi connectivity index (χ3n) is 3.54. The summed E-state index contributed by atoms with van der Waals surface area (Å²) in [7, 11) is 0. The van der Waals surface area contributed by atoms with Gasteiger partial charge in [-0.3, -0.25) is 0 Å². The Labute approximate surface area is 152 Å². The summed E-state index contributed by atoms with van der Waals surface area (Å²) in [6, 6.07) is 19.5. The van der Waals surface area contributed by atoms with Gasteiger partial charge in [0.25, 0.3) is 0 Å². The number of imidazole rings is 1. The molecule has 0 atom stereocenters. The number of carbonyl (C=O) groups excluding carboxylic acids is 1. The molecule has 0 saturated heterocycles. The molecule has 26 heavy (non-hydrogen) atoms. The lowest BCUT2D eigenvalue weighted by molar-refractivity contribution is -0.135. The van der Waals surface area contributed by atoms with Crippen molar-refractivity contribution in [3.05, 3.63) is 96.1 Å². The summed E-state index contributed by atoms with van der Waals surface area (Å²) >= 11 is 0. The quantitative estimate of drug-likeness (QED) is 0.526. The van der Waals surface area contributed by atoms with Crippen molar-refractivity contribution in [3.63, 3.8) is 0 Å². The van der Waals surface area contributed by atoms with Crippen molar-refractivity contribution < 1.29 is 9.53 Å². The summed E-state index contributed by atoms with van der Waals surface area (Å²) in [5, 5.41) is 0. The number of rotatable bonds is 5. The van der Waals surface area contributed by atoms with Gasteiger partial charge in [0, 0.05) is 24.2 Å². The van der Waals surface area contributed by atoms with Crippen LogP contribution in [0.4, 0.5) is 0 Å². The van der Waals surface area contributed by atoms with E-state index in [0.717, 1.165) is 17.8 Å². The minimum absolute atomic E-state index is 0.161. The normalized spacial score (nSPS) is 10.3. The Morgan fingerprint density at radius 2 is 1.81 bits per heavy atom. The van der Waals surface area contributed by atoms with Gasteiger partial charge in [-0.2, -0.15) is 0 Å². The fourth-order valence-electron chi connectivity index (χ4n) is 2.32. The number of ether oxygens (including phenoxy) is 1. The molecule has 128 valence electrons. The number of hydrogen-bond acceptors (Lipinski definition) is 3. The molecule has 3 rings (SSSR count). The van der Waals surface area contributed by atoms with Crippen LogP contribution < -0.4 is 0 Å². The van der Waals surface area contributed by atoms with Crippen LogP contribution in [0.15, 0.2) is 79.3 Å². The maximum absolute atomic E-state index is 11.6. The molecular formula is C22H18N2O2. The van der Waals surface area contributed by atoms with Crippen molar-refractivity contribution in [2.24, 2.45) is 0 Å². The van der Waals surface area contributed by atoms with E-state index < -0.39 is 5.97 Å². The molecule has 2 aromatic carbocycles. The second-order valence-electron chi connectivity index (χ2n) is 5.57. The second kappa shape index (κ2) is 9.05. The molecular weight excluding hydrogens is 324 g/mol. The largest absolute Gasteiger partial charge is 0.452 e. The van der Waals surface area contributed by atoms with E-state index in [9.17, 15) is 4.79 Å². The average Bonchev–Trinajstić information content (AvgIpc) is 3.12. The van der Waals surface area contributed by atoms with Crippen molar-refractivity contribution in [1.29, 1.82) is 0 Å². The van der Waals surface area contributed by atoms with Gasteiger partial charge < -0.3 is 9.30 Å². The molecule has 0 fully saturated rings. The second-order valence-corrected chi connectivity index (χ2v) is 5.57. The van der Waals surface area contributed by atoms with Crippen LogP contribution in [0.1, 0.15) is 16.8 Å². The van der Waals surface area contributed by atoms with E-state index >= 15 is 0 Å². The van der Waals surface area contributed by atoms with Gasteiger partial charge in [0.1, 0.15) is 6.61 Å². The lowest BCUT2D eigenvalue weighted by atomic mass is 10.2. The highest BCUT2D eigenvalue weighted by Gasteiger charge is 1.98. The van der Waals surface area contributed by atoms with Gasteiger partial charge in [-0.1, -0.05) is 54.5 Å². The lowest BCUT2D eigenvalue weighted by Gasteiger charge is -2.00. The molecule has 1 heterocycles. The molecule has 0 N–H and O–H groups in total. The van der Waals surface area contributed by atoms with Gasteiger partial charge in [0.05, 0.1) is 12.0 Å². The number of benzene rings is 2. The van der Waals surface area contributed by atoms with Gasteiger partial charge in [-0.05, 0) is 29.8 Å². The Morgan fingerprint density at radius 3 is 2.58 bits per heavy atom. The number of aromatic nitrogens is 2. The van der Waals surface area contributed by atoms with Gasteiger partial charge in [0.2, 0.25) is 0 Å². The zero-order chi connectivity index (χ0) is 18.0. The Balaban J connectivity index is 1.46. The van der Waals surface area contributed by atoms with Gasteiger partial charge in [-0.15, -0.1) is 0 Å². The minimum Gasteiger partial charge on any atom is -0.452 e. The standard InChI is InChI=1S/C22H18N2O2/c25-22(14-13-19-8-3-1-4-9-19)26-15-7-12-21-17-24(18-23-21)16-20-10-5-2-6-11-20/h1-12,17-18H,15-16H2/b12-7+. The number of esters is 1. The zero-order valence-corrected chi connectivity index (χ0v) is 14.2. The smallest absolute Gasteiger partial charge is 0.385 e. The van der Waals surface area contributed by atoms with Crippen molar-refractivity contribution in [2.75, 3.05) is 6.61 Å². The van der Waals surface area contributed by atoms with Crippen molar-refractivity contribution in [1.82, 2.24) is 9.55 Å².